The number of anilines is 2. The molecule has 0 bridgehead atoms. The van der Waals surface area contributed by atoms with Crippen molar-refractivity contribution in [1.29, 1.82) is 0 Å². The molecule has 1 N–H and O–H groups in total. The maximum Gasteiger partial charge on any atom is 0.236 e. The Balaban J connectivity index is 1.67. The van der Waals surface area contributed by atoms with E-state index in [4.69, 9.17) is 0 Å². The summed E-state index contributed by atoms with van der Waals surface area (Å²) < 4.78 is 26.0. The molecule has 1 heterocycles. The largest absolute Gasteiger partial charge is 0.325 e. The van der Waals surface area contributed by atoms with E-state index in [0.29, 0.717) is 24.3 Å². The second kappa shape index (κ2) is 8.32. The number of rotatable bonds is 5. The first kappa shape index (κ1) is 20.2. The molecule has 1 fully saturated rings. The third kappa shape index (κ3) is 4.09. The molecule has 5 nitrogen and oxygen atoms in total. The van der Waals surface area contributed by atoms with Gasteiger partial charge < -0.3 is 5.32 Å². The summed E-state index contributed by atoms with van der Waals surface area (Å²) in [6.45, 7) is 2.37. The molecule has 1 aliphatic rings. The summed E-state index contributed by atoms with van der Waals surface area (Å²) in [5, 5.41) is 3.04. The molecule has 0 aliphatic carbocycles. The zero-order valence-electron chi connectivity index (χ0n) is 16.8. The van der Waals surface area contributed by atoms with Gasteiger partial charge in [-0.3, -0.25) is 9.10 Å². The monoisotopic (exact) mass is 420 g/mol. The molecule has 6 heteroatoms. The number of aryl methyl sites for hydroxylation is 1. The fourth-order valence-corrected chi connectivity index (χ4v) is 5.38. The number of sulfonamides is 1. The Kier molecular flexibility index (Phi) is 5.59. The van der Waals surface area contributed by atoms with E-state index in [1.165, 1.54) is 4.31 Å². The van der Waals surface area contributed by atoms with Crippen LogP contribution in [-0.2, 0) is 14.8 Å². The molecule has 4 rings (SSSR count). The van der Waals surface area contributed by atoms with Gasteiger partial charge in [-0.05, 0) is 42.2 Å². The van der Waals surface area contributed by atoms with Crippen LogP contribution in [0, 0.1) is 6.92 Å². The fourth-order valence-electron chi connectivity index (χ4n) is 3.82. The van der Waals surface area contributed by atoms with Crippen LogP contribution in [0.2, 0.25) is 0 Å². The Morgan fingerprint density at radius 2 is 1.53 bits per heavy atom. The maximum absolute atomic E-state index is 13.4. The molecule has 1 amide bonds. The Labute approximate surface area is 177 Å². The van der Waals surface area contributed by atoms with Gasteiger partial charge >= 0.3 is 0 Å². The van der Waals surface area contributed by atoms with Crippen LogP contribution in [0.4, 0.5) is 11.4 Å². The summed E-state index contributed by atoms with van der Waals surface area (Å²) in [5.41, 5.74) is 3.89. The zero-order valence-corrected chi connectivity index (χ0v) is 17.6. The van der Waals surface area contributed by atoms with Gasteiger partial charge in [-0.25, -0.2) is 8.42 Å². The van der Waals surface area contributed by atoms with E-state index in [1.54, 1.807) is 12.1 Å². The van der Waals surface area contributed by atoms with Crippen molar-refractivity contribution in [2.45, 2.75) is 19.3 Å². The van der Waals surface area contributed by atoms with Crippen molar-refractivity contribution in [3.63, 3.8) is 0 Å². The maximum atomic E-state index is 13.4. The van der Waals surface area contributed by atoms with Gasteiger partial charge in [-0.15, -0.1) is 0 Å². The van der Waals surface area contributed by atoms with Crippen molar-refractivity contribution < 1.29 is 13.2 Å². The van der Waals surface area contributed by atoms with Crippen LogP contribution >= 0.6 is 0 Å². The van der Waals surface area contributed by atoms with Crippen LogP contribution in [0.1, 0.15) is 29.0 Å². The SMILES string of the molecule is Cc1ccc(N2CCCS2(=O)=O)cc1NC(=O)C(c1ccccc1)c1ccccc1. The highest BCUT2D eigenvalue weighted by molar-refractivity contribution is 7.93. The van der Waals surface area contributed by atoms with E-state index in [1.807, 2.05) is 73.7 Å². The number of benzene rings is 3. The summed E-state index contributed by atoms with van der Waals surface area (Å²) in [5.74, 6) is -0.463. The quantitative estimate of drug-likeness (QED) is 0.669. The number of nitrogens with zero attached hydrogens (tertiary/aromatic N) is 1. The van der Waals surface area contributed by atoms with Crippen LogP contribution in [0.25, 0.3) is 0 Å². The Bertz CT molecular complexity index is 1110. The minimum absolute atomic E-state index is 0.156. The van der Waals surface area contributed by atoms with Crippen LogP contribution < -0.4 is 9.62 Å². The molecule has 0 radical (unpaired) electrons. The van der Waals surface area contributed by atoms with E-state index in [9.17, 15) is 13.2 Å². The second-order valence-corrected chi connectivity index (χ2v) is 9.50. The lowest BCUT2D eigenvalue weighted by Gasteiger charge is -2.21. The summed E-state index contributed by atoms with van der Waals surface area (Å²) in [6, 6.07) is 24.7. The van der Waals surface area contributed by atoms with Gasteiger partial charge in [0.05, 0.1) is 17.4 Å². The number of carbonyl (C=O) groups excluding carboxylic acids is 1. The standard InChI is InChI=1S/C24H24N2O3S/c1-18-13-14-21(26-15-8-16-30(26,28)29)17-22(18)25-24(27)23(19-9-4-2-5-10-19)20-11-6-3-7-12-20/h2-7,9-14,17,23H,8,15-16H2,1H3,(H,25,27). The molecular formula is C24H24N2O3S. The highest BCUT2D eigenvalue weighted by atomic mass is 32.2. The van der Waals surface area contributed by atoms with Gasteiger partial charge in [0.25, 0.3) is 0 Å². The Morgan fingerprint density at radius 3 is 2.07 bits per heavy atom. The van der Waals surface area contributed by atoms with Crippen molar-refractivity contribution in [3.8, 4) is 0 Å². The molecule has 30 heavy (non-hydrogen) atoms. The first-order valence-corrected chi connectivity index (χ1v) is 11.6. The Hall–Kier alpha value is -3.12. The molecule has 0 aromatic heterocycles. The smallest absolute Gasteiger partial charge is 0.236 e. The number of hydrogen-bond donors (Lipinski definition) is 1. The van der Waals surface area contributed by atoms with Crippen molar-refractivity contribution in [2.24, 2.45) is 0 Å². The minimum Gasteiger partial charge on any atom is -0.325 e. The second-order valence-electron chi connectivity index (χ2n) is 7.48. The highest BCUT2D eigenvalue weighted by Gasteiger charge is 2.29. The highest BCUT2D eigenvalue weighted by Crippen LogP contribution is 2.31. The number of nitrogens with one attached hydrogen (secondary N) is 1. The molecular weight excluding hydrogens is 396 g/mol. The van der Waals surface area contributed by atoms with E-state index in [2.05, 4.69) is 5.32 Å². The van der Waals surface area contributed by atoms with Gasteiger partial charge in [0.2, 0.25) is 15.9 Å². The van der Waals surface area contributed by atoms with Crippen molar-refractivity contribution in [3.05, 3.63) is 95.6 Å². The Morgan fingerprint density at radius 1 is 0.933 bits per heavy atom. The topological polar surface area (TPSA) is 66.5 Å². The average Bonchev–Trinajstić information content (AvgIpc) is 3.10. The lowest BCUT2D eigenvalue weighted by Crippen LogP contribution is -2.26. The van der Waals surface area contributed by atoms with E-state index in [-0.39, 0.29) is 11.7 Å². The van der Waals surface area contributed by atoms with Crippen molar-refractivity contribution >= 4 is 27.3 Å². The van der Waals surface area contributed by atoms with E-state index >= 15 is 0 Å². The van der Waals surface area contributed by atoms with Crippen LogP contribution in [0.15, 0.2) is 78.9 Å². The average molecular weight is 421 g/mol. The first-order chi connectivity index (χ1) is 14.5. The fraction of sp³-hybridized carbons (Fsp3) is 0.208. The van der Waals surface area contributed by atoms with Crippen LogP contribution in [0.5, 0.6) is 0 Å². The van der Waals surface area contributed by atoms with Crippen molar-refractivity contribution in [1.82, 2.24) is 0 Å². The van der Waals surface area contributed by atoms with E-state index in [0.717, 1.165) is 16.7 Å². The van der Waals surface area contributed by atoms with Gasteiger partial charge in [-0.1, -0.05) is 66.7 Å². The molecule has 1 saturated heterocycles. The third-order valence-electron chi connectivity index (χ3n) is 5.39. The van der Waals surface area contributed by atoms with Gasteiger partial charge in [0.1, 0.15) is 0 Å². The van der Waals surface area contributed by atoms with E-state index < -0.39 is 15.9 Å². The van der Waals surface area contributed by atoms with Crippen LogP contribution in [-0.4, -0.2) is 26.6 Å². The third-order valence-corrected chi connectivity index (χ3v) is 7.26. The van der Waals surface area contributed by atoms with Gasteiger partial charge in [0, 0.05) is 12.2 Å². The summed E-state index contributed by atoms with van der Waals surface area (Å²) in [4.78, 5) is 13.4. The van der Waals surface area contributed by atoms with Gasteiger partial charge in [0.15, 0.2) is 0 Å². The zero-order chi connectivity index (χ0) is 21.1. The summed E-state index contributed by atoms with van der Waals surface area (Å²) in [6.07, 6.45) is 0.613. The van der Waals surface area contributed by atoms with Crippen LogP contribution in [0.3, 0.4) is 0 Å². The minimum atomic E-state index is -3.28. The number of hydrogen-bond acceptors (Lipinski definition) is 3. The summed E-state index contributed by atoms with van der Waals surface area (Å²) in [7, 11) is -3.28. The molecule has 1 aliphatic heterocycles. The summed E-state index contributed by atoms with van der Waals surface area (Å²) >= 11 is 0. The molecule has 0 saturated carbocycles. The number of carbonyl (C=O) groups is 1. The molecule has 0 unspecified atom stereocenters. The van der Waals surface area contributed by atoms with Crippen molar-refractivity contribution in [2.75, 3.05) is 21.9 Å². The predicted octanol–water partition coefficient (Wildman–Crippen LogP) is 4.31. The normalized spacial score (nSPS) is 15.3. The molecule has 3 aromatic rings. The van der Waals surface area contributed by atoms with Gasteiger partial charge in [-0.2, -0.15) is 0 Å². The lowest BCUT2D eigenvalue weighted by molar-refractivity contribution is -0.116. The predicted molar refractivity (Wildman–Crippen MR) is 120 cm³/mol. The molecule has 3 aromatic carbocycles. The lowest BCUT2D eigenvalue weighted by atomic mass is 9.90. The molecule has 154 valence electrons. The molecule has 0 spiro atoms. The first-order valence-electron chi connectivity index (χ1n) is 9.97. The number of amides is 1. The molecule has 0 atom stereocenters.